The van der Waals surface area contributed by atoms with Crippen molar-refractivity contribution >= 4 is 25.5 Å². The van der Waals surface area contributed by atoms with Gasteiger partial charge in [-0.15, -0.1) is 0 Å². The molecule has 3 heteroatoms. The van der Waals surface area contributed by atoms with E-state index in [0.717, 1.165) is 7.41 Å². The molecule has 18 heavy (non-hydrogen) atoms. The summed E-state index contributed by atoms with van der Waals surface area (Å²) in [6.07, 6.45) is 0. The van der Waals surface area contributed by atoms with Gasteiger partial charge in [-0.05, 0) is 0 Å². The van der Waals surface area contributed by atoms with Crippen molar-refractivity contribution in [2.24, 2.45) is 5.41 Å². The van der Waals surface area contributed by atoms with E-state index in [0.29, 0.717) is 0 Å². The van der Waals surface area contributed by atoms with E-state index in [1.165, 1.54) is 0 Å². The summed E-state index contributed by atoms with van der Waals surface area (Å²) in [6.45, 7) is 6.27. The van der Waals surface area contributed by atoms with E-state index in [-0.39, 0.29) is 27.1 Å². The molecule has 0 nitrogen and oxygen atoms in total. The molecule has 0 aliphatic rings. The van der Waals surface area contributed by atoms with Crippen LogP contribution in [-0.2, 0) is 34.0 Å². The zero-order valence-corrected chi connectivity index (χ0v) is 14.4. The molecule has 0 saturated heterocycles. The minimum absolute atomic E-state index is 0. The Bertz CT molecular complexity index is 284. The third kappa shape index (κ3) is 18.3. The van der Waals surface area contributed by atoms with Crippen molar-refractivity contribution in [3.05, 3.63) is 60.7 Å². The van der Waals surface area contributed by atoms with E-state index < -0.39 is 0 Å². The molecule has 0 bridgehead atoms. The monoisotopic (exact) mass is 310 g/mol. The molecule has 0 atom stereocenters. The SMILES string of the molecule is CC(C)(C)[C-]=P[S-].[Ti].[cH-]1[cH-][cH-][cH-][cH-]1.c1cc[cH-]c1. The molecule has 0 radical (unpaired) electrons. The Morgan fingerprint density at radius 3 is 1.44 bits per heavy atom. The molecular weight excluding hydrogens is 291 g/mol. The third-order valence-electron chi connectivity index (χ3n) is 1.49. The molecule has 0 spiro atoms. The van der Waals surface area contributed by atoms with Crippen molar-refractivity contribution in [2.45, 2.75) is 20.8 Å². The fourth-order valence-electron chi connectivity index (χ4n) is 0.778. The maximum absolute atomic E-state index is 4.66. The van der Waals surface area contributed by atoms with Crippen molar-refractivity contribution in [1.82, 2.24) is 0 Å². The number of hydrogen-bond acceptors (Lipinski definition) is 1. The van der Waals surface area contributed by atoms with Crippen LogP contribution in [0.15, 0.2) is 60.7 Å². The Morgan fingerprint density at radius 1 is 0.944 bits per heavy atom. The van der Waals surface area contributed by atoms with Gasteiger partial charge in [-0.25, -0.2) is 12.1 Å². The molecule has 0 amide bonds. The van der Waals surface area contributed by atoms with Crippen LogP contribution in [-0.4, -0.2) is 5.80 Å². The van der Waals surface area contributed by atoms with E-state index in [1.54, 1.807) is 0 Å². The van der Waals surface area contributed by atoms with Gasteiger partial charge in [-0.3, -0.25) is 0 Å². The van der Waals surface area contributed by atoms with Crippen LogP contribution in [0.2, 0.25) is 0 Å². The summed E-state index contributed by atoms with van der Waals surface area (Å²) in [5.41, 5.74) is 0.184. The van der Waals surface area contributed by atoms with E-state index in [1.807, 2.05) is 60.7 Å². The summed E-state index contributed by atoms with van der Waals surface area (Å²) in [4.78, 5) is 0. The predicted molar refractivity (Wildman–Crippen MR) is 82.8 cm³/mol. The molecule has 102 valence electrons. The zero-order chi connectivity index (χ0) is 13.0. The second-order valence-electron chi connectivity index (χ2n) is 4.38. The van der Waals surface area contributed by atoms with Gasteiger partial charge in [-0.1, -0.05) is 20.8 Å². The largest absolute Gasteiger partial charge is 0.767 e. The average molecular weight is 310 g/mol. The molecule has 0 heterocycles. The summed E-state index contributed by atoms with van der Waals surface area (Å²) >= 11 is 4.66. The van der Waals surface area contributed by atoms with Crippen LogP contribution >= 0.6 is 7.41 Å². The topological polar surface area (TPSA) is 0 Å². The summed E-state index contributed by atoms with van der Waals surface area (Å²) in [5.74, 6) is 3.07. The summed E-state index contributed by atoms with van der Waals surface area (Å²) in [5, 5.41) is 0. The molecule has 0 saturated carbocycles. The van der Waals surface area contributed by atoms with Crippen LogP contribution in [0.4, 0.5) is 0 Å². The van der Waals surface area contributed by atoms with Crippen LogP contribution in [0.5, 0.6) is 0 Å². The van der Waals surface area contributed by atoms with E-state index >= 15 is 0 Å². The minimum atomic E-state index is 0. The maximum Gasteiger partial charge on any atom is 0 e. The Labute approximate surface area is 133 Å². The predicted octanol–water partition coefficient (Wildman–Crippen LogP) is 4.93. The van der Waals surface area contributed by atoms with Gasteiger partial charge in [0.05, 0.1) is 0 Å². The van der Waals surface area contributed by atoms with Gasteiger partial charge in [-0.2, -0.15) is 23.6 Å². The molecule has 0 unspecified atom stereocenters. The second-order valence-corrected chi connectivity index (χ2v) is 5.33. The molecule has 2 rings (SSSR count). The molecular formula is C15H19PSTi-8. The van der Waals surface area contributed by atoms with Crippen molar-refractivity contribution in [3.8, 4) is 0 Å². The van der Waals surface area contributed by atoms with Crippen molar-refractivity contribution < 1.29 is 21.7 Å². The fourth-order valence-corrected chi connectivity index (χ4v) is 1.87. The summed E-state index contributed by atoms with van der Waals surface area (Å²) in [6, 6.07) is 20.0. The van der Waals surface area contributed by atoms with Gasteiger partial charge in [0.1, 0.15) is 0 Å². The van der Waals surface area contributed by atoms with Crippen LogP contribution in [0, 0.1) is 5.41 Å². The quantitative estimate of drug-likeness (QED) is 0.288. The van der Waals surface area contributed by atoms with Crippen LogP contribution < -0.4 is 0 Å². The van der Waals surface area contributed by atoms with E-state index in [9.17, 15) is 0 Å². The van der Waals surface area contributed by atoms with Crippen molar-refractivity contribution in [2.75, 3.05) is 0 Å². The molecule has 0 aromatic heterocycles. The van der Waals surface area contributed by atoms with Gasteiger partial charge < -0.3 is 55.8 Å². The van der Waals surface area contributed by atoms with Crippen molar-refractivity contribution in [3.63, 3.8) is 0 Å². The Morgan fingerprint density at radius 2 is 1.33 bits per heavy atom. The fraction of sp³-hybridized carbons (Fsp3) is 0.267. The van der Waals surface area contributed by atoms with Crippen LogP contribution in [0.1, 0.15) is 20.8 Å². The van der Waals surface area contributed by atoms with Crippen LogP contribution in [0.25, 0.3) is 0 Å². The summed E-state index contributed by atoms with van der Waals surface area (Å²) < 4.78 is 0. The second kappa shape index (κ2) is 13.4. The molecule has 2 aromatic carbocycles. The van der Waals surface area contributed by atoms with E-state index in [2.05, 4.69) is 38.8 Å². The molecule has 0 fully saturated rings. The Kier molecular flexibility index (Phi) is 15.0. The maximum atomic E-state index is 4.66. The summed E-state index contributed by atoms with van der Waals surface area (Å²) in [7, 11) is 0.842. The molecule has 0 aliphatic heterocycles. The van der Waals surface area contributed by atoms with E-state index in [4.69, 9.17) is 0 Å². The van der Waals surface area contributed by atoms with Crippen LogP contribution in [0.3, 0.4) is 0 Å². The van der Waals surface area contributed by atoms with Gasteiger partial charge in [0.25, 0.3) is 0 Å². The smallest absolute Gasteiger partial charge is 0 e. The first-order chi connectivity index (χ1) is 8.06. The Hall–Kier alpha value is -0.0657. The average Bonchev–Trinajstić information content (AvgIpc) is 2.96. The first kappa shape index (κ1) is 20.3. The first-order valence-corrected chi connectivity index (χ1v) is 7.40. The first-order valence-electron chi connectivity index (χ1n) is 5.49. The van der Waals surface area contributed by atoms with Gasteiger partial charge in [0.15, 0.2) is 0 Å². The Balaban J connectivity index is 0. The normalized spacial score (nSPS) is 9.56. The number of rotatable bonds is 0. The minimum Gasteiger partial charge on any atom is -0.767 e. The zero-order valence-electron chi connectivity index (χ0n) is 11.1. The number of hydrogen-bond donors (Lipinski definition) is 0. The molecule has 0 aliphatic carbocycles. The van der Waals surface area contributed by atoms with Gasteiger partial charge in [0, 0.05) is 21.7 Å². The van der Waals surface area contributed by atoms with Gasteiger partial charge >= 0.3 is 0 Å². The molecule has 0 N–H and O–H groups in total. The van der Waals surface area contributed by atoms with Crippen molar-refractivity contribution in [1.29, 1.82) is 0 Å². The standard InChI is InChI=1S/C5H9PS.2C5H5.Ti/c1-5(2,3)4-6-7;2*1-2-4-5-3-1;/h1-3H3;2*1-5H;/q-2;-5;-1;. The third-order valence-corrected chi connectivity index (χ3v) is 2.53. The van der Waals surface area contributed by atoms with Gasteiger partial charge in [0.2, 0.25) is 0 Å². The molecule has 2 aromatic rings.